The summed E-state index contributed by atoms with van der Waals surface area (Å²) in [7, 11) is 0. The molecule has 0 saturated heterocycles. The van der Waals surface area contributed by atoms with Crippen molar-refractivity contribution in [2.75, 3.05) is 12.4 Å². The molecule has 1 amide bonds. The summed E-state index contributed by atoms with van der Waals surface area (Å²) in [4.78, 5) is 10.9. The fourth-order valence-electron chi connectivity index (χ4n) is 1.14. The molecule has 0 spiro atoms. The van der Waals surface area contributed by atoms with Crippen LogP contribution in [0, 0.1) is 0 Å². The minimum atomic E-state index is -4.25. The number of carbonyl (C=O) groups excluding carboxylic acids is 1. The Hall–Kier alpha value is -0.450. The van der Waals surface area contributed by atoms with Crippen LogP contribution in [-0.4, -0.2) is 24.5 Å². The second-order valence-electron chi connectivity index (χ2n) is 3.57. The van der Waals surface area contributed by atoms with Crippen LogP contribution >= 0.6 is 11.6 Å². The molecule has 0 aromatic carbocycles. The van der Waals surface area contributed by atoms with Crippen molar-refractivity contribution in [1.82, 2.24) is 5.32 Å². The molecular formula is C10H17ClF3NO. The number of nitrogens with one attached hydrogen (secondary N) is 1. The van der Waals surface area contributed by atoms with Gasteiger partial charge in [-0.3, -0.25) is 4.79 Å². The van der Waals surface area contributed by atoms with Crippen molar-refractivity contribution >= 4 is 17.5 Å². The Balaban J connectivity index is 3.31. The van der Waals surface area contributed by atoms with Gasteiger partial charge in [-0.15, -0.1) is 11.6 Å². The Morgan fingerprint density at radius 2 is 1.75 bits per heavy atom. The molecule has 0 aromatic heterocycles. The summed E-state index contributed by atoms with van der Waals surface area (Å²) in [5.74, 6) is 0.0902. The lowest BCUT2D eigenvalue weighted by atomic mass is 10.2. The van der Waals surface area contributed by atoms with E-state index in [1.807, 2.05) is 0 Å². The summed E-state index contributed by atoms with van der Waals surface area (Å²) in [6.45, 7) is 0.443. The molecule has 0 aliphatic carbocycles. The van der Waals surface area contributed by atoms with Crippen LogP contribution in [0.1, 0.15) is 38.5 Å². The highest BCUT2D eigenvalue weighted by Crippen LogP contribution is 2.20. The minimum Gasteiger partial charge on any atom is -0.356 e. The molecule has 0 rings (SSSR count). The first kappa shape index (κ1) is 15.6. The van der Waals surface area contributed by atoms with E-state index in [2.05, 4.69) is 5.32 Å². The Bertz CT molecular complexity index is 197. The van der Waals surface area contributed by atoms with Gasteiger partial charge in [0.2, 0.25) is 5.91 Å². The van der Waals surface area contributed by atoms with E-state index in [9.17, 15) is 18.0 Å². The number of carbonyl (C=O) groups is 1. The second kappa shape index (κ2) is 8.67. The van der Waals surface area contributed by atoms with Crippen LogP contribution in [0.3, 0.4) is 0 Å². The first-order chi connectivity index (χ1) is 7.45. The van der Waals surface area contributed by atoms with Gasteiger partial charge in [0.15, 0.2) is 0 Å². The molecule has 6 heteroatoms. The predicted molar refractivity (Wildman–Crippen MR) is 57.5 cm³/mol. The second-order valence-corrected chi connectivity index (χ2v) is 3.95. The fourth-order valence-corrected chi connectivity index (χ4v) is 1.33. The van der Waals surface area contributed by atoms with Crippen LogP contribution in [0.5, 0.6) is 0 Å². The normalized spacial score (nSPS) is 11.5. The molecule has 0 saturated carbocycles. The van der Waals surface area contributed by atoms with Crippen molar-refractivity contribution in [2.45, 2.75) is 44.7 Å². The zero-order valence-electron chi connectivity index (χ0n) is 9.08. The highest BCUT2D eigenvalue weighted by atomic mass is 35.5. The lowest BCUT2D eigenvalue weighted by molar-refractivity contribution is -0.144. The number of unbranched alkanes of at least 4 members (excludes halogenated alkanes) is 3. The standard InChI is InChI=1S/C10H17ClF3NO/c11-7-3-1-2-4-8-15-9(16)5-6-10(12,13)14/h1-8H2,(H,15,16). The van der Waals surface area contributed by atoms with E-state index in [4.69, 9.17) is 11.6 Å². The van der Waals surface area contributed by atoms with Crippen molar-refractivity contribution < 1.29 is 18.0 Å². The summed E-state index contributed by atoms with van der Waals surface area (Å²) in [6.07, 6.45) is -2.14. The van der Waals surface area contributed by atoms with Gasteiger partial charge in [-0.05, 0) is 12.8 Å². The maximum atomic E-state index is 11.8. The molecule has 0 aliphatic heterocycles. The highest BCUT2D eigenvalue weighted by molar-refractivity contribution is 6.17. The SMILES string of the molecule is O=C(CCC(F)(F)F)NCCCCCCCl. The Labute approximate surface area is 98.5 Å². The summed E-state index contributed by atoms with van der Waals surface area (Å²) in [5, 5.41) is 2.46. The average Bonchev–Trinajstić information content (AvgIpc) is 2.19. The summed E-state index contributed by atoms with van der Waals surface area (Å²) >= 11 is 5.47. The van der Waals surface area contributed by atoms with E-state index in [1.54, 1.807) is 0 Å². The average molecular weight is 260 g/mol. The number of halogens is 4. The third kappa shape index (κ3) is 11.6. The van der Waals surface area contributed by atoms with Crippen LogP contribution in [0.15, 0.2) is 0 Å². The first-order valence-electron chi connectivity index (χ1n) is 5.35. The van der Waals surface area contributed by atoms with E-state index in [0.717, 1.165) is 25.7 Å². The molecule has 0 aromatic rings. The molecule has 1 N–H and O–H groups in total. The summed E-state index contributed by atoms with van der Waals surface area (Å²) in [6, 6.07) is 0. The number of amides is 1. The van der Waals surface area contributed by atoms with Crippen molar-refractivity contribution in [3.05, 3.63) is 0 Å². The largest absolute Gasteiger partial charge is 0.389 e. The van der Waals surface area contributed by atoms with Crippen LogP contribution in [0.2, 0.25) is 0 Å². The fraction of sp³-hybridized carbons (Fsp3) is 0.900. The summed E-state index contributed by atoms with van der Waals surface area (Å²) in [5.41, 5.74) is 0. The molecule has 0 heterocycles. The van der Waals surface area contributed by atoms with Gasteiger partial charge in [-0.25, -0.2) is 0 Å². The van der Waals surface area contributed by atoms with Crippen LogP contribution < -0.4 is 5.32 Å². The molecular weight excluding hydrogens is 243 g/mol. The van der Waals surface area contributed by atoms with E-state index in [1.165, 1.54) is 0 Å². The molecule has 2 nitrogen and oxygen atoms in total. The third-order valence-corrected chi connectivity index (χ3v) is 2.29. The third-order valence-electron chi connectivity index (χ3n) is 2.02. The number of alkyl halides is 4. The molecule has 0 aliphatic rings. The van der Waals surface area contributed by atoms with Crippen molar-refractivity contribution in [2.24, 2.45) is 0 Å². The lowest BCUT2D eigenvalue weighted by Crippen LogP contribution is -2.25. The number of hydrogen-bond acceptors (Lipinski definition) is 1. The zero-order valence-corrected chi connectivity index (χ0v) is 9.83. The Morgan fingerprint density at radius 3 is 2.31 bits per heavy atom. The van der Waals surface area contributed by atoms with Crippen LogP contribution in [-0.2, 0) is 4.79 Å². The van der Waals surface area contributed by atoms with Crippen LogP contribution in [0.25, 0.3) is 0 Å². The van der Waals surface area contributed by atoms with Crippen LogP contribution in [0.4, 0.5) is 13.2 Å². The lowest BCUT2D eigenvalue weighted by Gasteiger charge is -2.07. The molecule has 96 valence electrons. The Kier molecular flexibility index (Phi) is 8.43. The van der Waals surface area contributed by atoms with Crippen molar-refractivity contribution in [1.29, 1.82) is 0 Å². The molecule has 0 fully saturated rings. The van der Waals surface area contributed by atoms with Gasteiger partial charge in [0, 0.05) is 18.8 Å². The van der Waals surface area contributed by atoms with Gasteiger partial charge in [0.1, 0.15) is 0 Å². The van der Waals surface area contributed by atoms with Gasteiger partial charge in [-0.2, -0.15) is 13.2 Å². The molecule has 0 atom stereocenters. The monoisotopic (exact) mass is 259 g/mol. The summed E-state index contributed by atoms with van der Waals surface area (Å²) < 4.78 is 35.3. The Morgan fingerprint density at radius 1 is 1.12 bits per heavy atom. The van der Waals surface area contributed by atoms with E-state index in [-0.39, 0.29) is 0 Å². The smallest absolute Gasteiger partial charge is 0.356 e. The van der Waals surface area contributed by atoms with Crippen molar-refractivity contribution in [3.63, 3.8) is 0 Å². The molecule has 0 radical (unpaired) electrons. The van der Waals surface area contributed by atoms with Crippen molar-refractivity contribution in [3.8, 4) is 0 Å². The molecule has 0 unspecified atom stereocenters. The maximum absolute atomic E-state index is 11.8. The van der Waals surface area contributed by atoms with E-state index >= 15 is 0 Å². The van der Waals surface area contributed by atoms with E-state index < -0.39 is 24.9 Å². The van der Waals surface area contributed by atoms with Gasteiger partial charge >= 0.3 is 6.18 Å². The number of rotatable bonds is 8. The van der Waals surface area contributed by atoms with Gasteiger partial charge in [0.05, 0.1) is 6.42 Å². The minimum absolute atomic E-state index is 0.443. The quantitative estimate of drug-likeness (QED) is 0.526. The van der Waals surface area contributed by atoms with Gasteiger partial charge in [0.25, 0.3) is 0 Å². The topological polar surface area (TPSA) is 29.1 Å². The molecule has 0 bridgehead atoms. The van der Waals surface area contributed by atoms with Gasteiger partial charge < -0.3 is 5.32 Å². The van der Waals surface area contributed by atoms with E-state index in [0.29, 0.717) is 12.4 Å². The highest BCUT2D eigenvalue weighted by Gasteiger charge is 2.27. The maximum Gasteiger partial charge on any atom is 0.389 e. The molecule has 16 heavy (non-hydrogen) atoms. The predicted octanol–water partition coefficient (Wildman–Crippen LogP) is 3.24. The van der Waals surface area contributed by atoms with Gasteiger partial charge in [-0.1, -0.05) is 12.8 Å². The zero-order chi connectivity index (χ0) is 12.4. The first-order valence-corrected chi connectivity index (χ1v) is 5.88. The number of hydrogen-bond donors (Lipinski definition) is 1.